The molecule has 162 valence electrons. The molecule has 1 fully saturated rings. The van der Waals surface area contributed by atoms with E-state index in [4.69, 9.17) is 20.8 Å². The molecule has 1 atom stereocenters. The molecule has 1 saturated heterocycles. The van der Waals surface area contributed by atoms with E-state index in [1.807, 2.05) is 38.0 Å². The molecule has 1 aromatic carbocycles. The van der Waals surface area contributed by atoms with Crippen molar-refractivity contribution in [3.63, 3.8) is 0 Å². The van der Waals surface area contributed by atoms with Gasteiger partial charge in [0.1, 0.15) is 27.8 Å². The first-order chi connectivity index (χ1) is 14.7. The molecule has 4 rings (SSSR count). The van der Waals surface area contributed by atoms with Crippen LogP contribution in [0, 0.1) is 11.3 Å². The van der Waals surface area contributed by atoms with Crippen molar-refractivity contribution in [3.8, 4) is 16.6 Å². The number of nitriles is 1. The third kappa shape index (κ3) is 4.18. The smallest absolute Gasteiger partial charge is 0.410 e. The zero-order chi connectivity index (χ0) is 22.3. The molecule has 31 heavy (non-hydrogen) atoms. The summed E-state index contributed by atoms with van der Waals surface area (Å²) in [5, 5.41) is 12.5. The zero-order valence-corrected chi connectivity index (χ0v) is 19.3. The average Bonchev–Trinajstić information content (AvgIpc) is 3.36. The molecular formula is C21H22ClN5O3S. The molecule has 1 unspecified atom stereocenters. The summed E-state index contributed by atoms with van der Waals surface area (Å²) < 4.78 is 11.6. The quantitative estimate of drug-likeness (QED) is 0.536. The number of halogens is 1. The van der Waals surface area contributed by atoms with Crippen molar-refractivity contribution in [1.29, 1.82) is 5.26 Å². The largest absolute Gasteiger partial charge is 0.444 e. The zero-order valence-electron chi connectivity index (χ0n) is 17.7. The molecule has 3 aromatic rings. The summed E-state index contributed by atoms with van der Waals surface area (Å²) >= 11 is 7.81. The van der Waals surface area contributed by atoms with Crippen LogP contribution in [0.25, 0.3) is 21.7 Å². The van der Waals surface area contributed by atoms with Crippen LogP contribution in [-0.4, -0.2) is 52.2 Å². The number of ether oxygens (including phenoxy) is 1. The lowest BCUT2D eigenvalue weighted by Gasteiger charge is -2.39. The monoisotopic (exact) mass is 459 g/mol. The van der Waals surface area contributed by atoms with Crippen molar-refractivity contribution in [2.24, 2.45) is 0 Å². The highest BCUT2D eigenvalue weighted by Gasteiger charge is 2.32. The molecular weight excluding hydrogens is 438 g/mol. The molecule has 0 saturated carbocycles. The molecule has 1 aliphatic rings. The van der Waals surface area contributed by atoms with Crippen LogP contribution in [0.2, 0.25) is 5.02 Å². The predicted molar refractivity (Wildman–Crippen MR) is 119 cm³/mol. The molecule has 2 aromatic heterocycles. The van der Waals surface area contributed by atoms with Gasteiger partial charge in [-0.1, -0.05) is 11.6 Å². The lowest BCUT2D eigenvalue weighted by molar-refractivity contribution is 0.0216. The number of nitrogens with zero attached hydrogens (tertiary/aromatic N) is 5. The Kier molecular flexibility index (Phi) is 5.54. The van der Waals surface area contributed by atoms with Gasteiger partial charge in [-0.2, -0.15) is 10.2 Å². The molecule has 0 bridgehead atoms. The van der Waals surface area contributed by atoms with Crippen LogP contribution >= 0.6 is 22.9 Å². The van der Waals surface area contributed by atoms with Crippen LogP contribution in [0.3, 0.4) is 0 Å². The first-order valence-corrected chi connectivity index (χ1v) is 11.1. The summed E-state index contributed by atoms with van der Waals surface area (Å²) in [7, 11) is 0. The van der Waals surface area contributed by atoms with E-state index in [0.717, 1.165) is 5.01 Å². The van der Waals surface area contributed by atoms with Crippen molar-refractivity contribution in [1.82, 2.24) is 14.9 Å². The van der Waals surface area contributed by atoms with E-state index < -0.39 is 5.60 Å². The maximum atomic E-state index is 12.4. The van der Waals surface area contributed by atoms with E-state index in [1.54, 1.807) is 17.2 Å². The van der Waals surface area contributed by atoms with Gasteiger partial charge in [-0.15, -0.1) is 11.3 Å². The number of aromatic nitrogens is 2. The Morgan fingerprint density at radius 1 is 1.42 bits per heavy atom. The van der Waals surface area contributed by atoms with Crippen molar-refractivity contribution < 1.29 is 13.9 Å². The number of benzene rings is 1. The summed E-state index contributed by atoms with van der Waals surface area (Å²) in [6.45, 7) is 9.01. The third-order valence-electron chi connectivity index (χ3n) is 4.91. The normalized spacial score (nSPS) is 17.1. The first kappa shape index (κ1) is 21.4. The molecule has 0 N–H and O–H groups in total. The van der Waals surface area contributed by atoms with Gasteiger partial charge in [0.2, 0.25) is 0 Å². The number of carbonyl (C=O) groups excluding carboxylic acids is 1. The van der Waals surface area contributed by atoms with Gasteiger partial charge < -0.3 is 19.0 Å². The van der Waals surface area contributed by atoms with Gasteiger partial charge >= 0.3 is 6.09 Å². The number of amides is 1. The van der Waals surface area contributed by atoms with E-state index >= 15 is 0 Å². The number of rotatable bonds is 2. The Morgan fingerprint density at radius 3 is 2.81 bits per heavy atom. The topological polar surface area (TPSA) is 95.5 Å². The molecule has 0 aliphatic carbocycles. The fraction of sp³-hybridized carbons (Fsp3) is 0.429. The van der Waals surface area contributed by atoms with Gasteiger partial charge in [0.05, 0.1) is 10.6 Å². The number of carbonyl (C=O) groups is 1. The number of fused-ring (bicyclic) bond motifs is 1. The van der Waals surface area contributed by atoms with Crippen molar-refractivity contribution in [3.05, 3.63) is 28.2 Å². The van der Waals surface area contributed by atoms with Crippen molar-refractivity contribution in [2.75, 3.05) is 24.5 Å². The minimum absolute atomic E-state index is 0.0568. The Hall–Kier alpha value is -2.83. The van der Waals surface area contributed by atoms with E-state index in [1.165, 1.54) is 11.3 Å². The summed E-state index contributed by atoms with van der Waals surface area (Å²) in [5.41, 5.74) is 1.32. The van der Waals surface area contributed by atoms with Gasteiger partial charge in [-0.3, -0.25) is 0 Å². The van der Waals surface area contributed by atoms with Crippen LogP contribution in [0.1, 0.15) is 33.3 Å². The number of anilines is 1. The Bertz CT molecular complexity index is 1160. The fourth-order valence-electron chi connectivity index (χ4n) is 3.52. The first-order valence-electron chi connectivity index (χ1n) is 9.85. The van der Waals surface area contributed by atoms with Gasteiger partial charge in [-0.25, -0.2) is 9.78 Å². The Labute approximate surface area is 189 Å². The van der Waals surface area contributed by atoms with Crippen molar-refractivity contribution in [2.45, 2.75) is 39.3 Å². The van der Waals surface area contributed by atoms with Gasteiger partial charge in [0.25, 0.3) is 6.01 Å². The summed E-state index contributed by atoms with van der Waals surface area (Å²) in [5.74, 6) is 0. The van der Waals surface area contributed by atoms with Gasteiger partial charge in [0.15, 0.2) is 5.58 Å². The second kappa shape index (κ2) is 8.02. The van der Waals surface area contributed by atoms with E-state index in [9.17, 15) is 10.1 Å². The van der Waals surface area contributed by atoms with Gasteiger partial charge in [0, 0.05) is 37.3 Å². The summed E-state index contributed by atoms with van der Waals surface area (Å²) in [4.78, 5) is 25.1. The maximum Gasteiger partial charge on any atom is 0.410 e. The predicted octanol–water partition coefficient (Wildman–Crippen LogP) is 4.92. The van der Waals surface area contributed by atoms with E-state index in [0.29, 0.717) is 47.3 Å². The number of piperazine rings is 1. The molecule has 1 aliphatic heterocycles. The fourth-order valence-corrected chi connectivity index (χ4v) is 4.41. The molecule has 0 spiro atoms. The van der Waals surface area contributed by atoms with Crippen LogP contribution in [-0.2, 0) is 4.74 Å². The highest BCUT2D eigenvalue weighted by molar-refractivity contribution is 7.13. The lowest BCUT2D eigenvalue weighted by Crippen LogP contribution is -2.54. The average molecular weight is 460 g/mol. The maximum absolute atomic E-state index is 12.4. The number of oxazole rings is 1. The highest BCUT2D eigenvalue weighted by Crippen LogP contribution is 2.38. The van der Waals surface area contributed by atoms with Crippen LogP contribution in [0.4, 0.5) is 10.8 Å². The molecule has 0 radical (unpaired) electrons. The van der Waals surface area contributed by atoms with Crippen LogP contribution in [0.5, 0.6) is 0 Å². The molecule has 3 heterocycles. The Morgan fingerprint density at radius 2 is 2.19 bits per heavy atom. The summed E-state index contributed by atoms with van der Waals surface area (Å²) in [6.07, 6.45) is 1.37. The number of hydrogen-bond donors (Lipinski definition) is 0. The second-order valence-corrected chi connectivity index (χ2v) is 9.67. The minimum atomic E-state index is -0.545. The minimum Gasteiger partial charge on any atom is -0.444 e. The standard InChI is InChI=1S/C21H22ClN5O3S/c1-12-11-26(20(28)30-21(2,3)4)6-7-27(12)19-25-16-14(10-23)15(22)9-13(17(16)29-19)18-24-5-8-31-18/h5,8-9,12H,6-7,11H2,1-4H3. The van der Waals surface area contributed by atoms with Crippen molar-refractivity contribution >= 4 is 46.1 Å². The SMILES string of the molecule is CC1CN(C(=O)OC(C)(C)C)CCN1c1nc2c(C#N)c(Cl)cc(-c3nccs3)c2o1. The second-order valence-electron chi connectivity index (χ2n) is 8.37. The number of hydrogen-bond acceptors (Lipinski definition) is 8. The molecule has 1 amide bonds. The molecule has 10 heteroatoms. The summed E-state index contributed by atoms with van der Waals surface area (Å²) in [6, 6.07) is 4.15. The van der Waals surface area contributed by atoms with Crippen LogP contribution < -0.4 is 4.90 Å². The lowest BCUT2D eigenvalue weighted by atomic mass is 10.1. The van der Waals surface area contributed by atoms with Gasteiger partial charge in [-0.05, 0) is 33.8 Å². The highest BCUT2D eigenvalue weighted by atomic mass is 35.5. The number of thiazole rings is 1. The van der Waals surface area contributed by atoms with Crippen LogP contribution in [0.15, 0.2) is 22.1 Å². The third-order valence-corrected chi connectivity index (χ3v) is 6.01. The van der Waals surface area contributed by atoms with E-state index in [-0.39, 0.29) is 17.7 Å². The Balaban J connectivity index is 1.66. The molecule has 8 nitrogen and oxygen atoms in total. The van der Waals surface area contributed by atoms with E-state index in [2.05, 4.69) is 16.0 Å².